The highest BCUT2D eigenvalue weighted by Gasteiger charge is 2.31. The van der Waals surface area contributed by atoms with Crippen molar-refractivity contribution in [3.05, 3.63) is 52.3 Å². The predicted octanol–water partition coefficient (Wildman–Crippen LogP) is 3.94. The van der Waals surface area contributed by atoms with Crippen molar-refractivity contribution in [2.24, 2.45) is 0 Å². The lowest BCUT2D eigenvalue weighted by atomic mass is 9.78. The molecule has 0 aliphatic heterocycles. The smallest absolute Gasteiger partial charge is 0.0834 e. The summed E-state index contributed by atoms with van der Waals surface area (Å²) in [5, 5.41) is 8.65. The third-order valence-electron chi connectivity index (χ3n) is 4.56. The first-order valence-corrected chi connectivity index (χ1v) is 8.10. The van der Waals surface area contributed by atoms with Gasteiger partial charge in [-0.15, -0.1) is 0 Å². The lowest BCUT2D eigenvalue weighted by Gasteiger charge is -2.32. The second-order valence-electron chi connectivity index (χ2n) is 5.66. The second kappa shape index (κ2) is 6.20. The average Bonchev–Trinajstić information content (AvgIpc) is 2.90. The number of likely N-dealkylation sites (N-methyl/N-ethyl adjacent to an activating group) is 1. The maximum Gasteiger partial charge on any atom is 0.0834 e. The van der Waals surface area contributed by atoms with Crippen LogP contribution in [0.5, 0.6) is 0 Å². The molecular weight excluding hydrogens is 282 g/mol. The number of hydrogen-bond acceptors (Lipinski definition) is 2. The summed E-state index contributed by atoms with van der Waals surface area (Å²) in [4.78, 5) is 0. The van der Waals surface area contributed by atoms with Gasteiger partial charge in [-0.1, -0.05) is 35.9 Å². The Balaban J connectivity index is 2.03. The van der Waals surface area contributed by atoms with Crippen LogP contribution in [-0.4, -0.2) is 16.8 Å². The summed E-state index contributed by atoms with van der Waals surface area (Å²) >= 11 is 6.42. The van der Waals surface area contributed by atoms with E-state index < -0.39 is 0 Å². The van der Waals surface area contributed by atoms with Gasteiger partial charge >= 0.3 is 0 Å². The van der Waals surface area contributed by atoms with Crippen LogP contribution in [0.4, 0.5) is 0 Å². The molecule has 0 radical (unpaired) electrons. The summed E-state index contributed by atoms with van der Waals surface area (Å²) in [6.45, 7) is 2.95. The van der Waals surface area contributed by atoms with Crippen LogP contribution in [-0.2, 0) is 13.0 Å². The van der Waals surface area contributed by atoms with Crippen molar-refractivity contribution in [1.82, 2.24) is 15.1 Å². The van der Waals surface area contributed by atoms with Gasteiger partial charge in [0, 0.05) is 12.5 Å². The van der Waals surface area contributed by atoms with Gasteiger partial charge in [0.2, 0.25) is 0 Å². The first kappa shape index (κ1) is 14.6. The fourth-order valence-electron chi connectivity index (χ4n) is 3.60. The van der Waals surface area contributed by atoms with Gasteiger partial charge in [-0.25, -0.2) is 0 Å². The van der Waals surface area contributed by atoms with Gasteiger partial charge in [-0.2, -0.15) is 5.10 Å². The van der Waals surface area contributed by atoms with E-state index in [9.17, 15) is 0 Å². The quantitative estimate of drug-likeness (QED) is 0.927. The average molecular weight is 304 g/mol. The van der Waals surface area contributed by atoms with E-state index in [2.05, 4.69) is 41.6 Å². The summed E-state index contributed by atoms with van der Waals surface area (Å²) in [5.74, 6) is 0.458. The SMILES string of the molecule is CCn1ncc(Cl)c1C(NC)C1CCCc2ccccc21. The second-order valence-corrected chi connectivity index (χ2v) is 6.06. The molecule has 3 nitrogen and oxygen atoms in total. The lowest BCUT2D eigenvalue weighted by Crippen LogP contribution is -2.29. The maximum atomic E-state index is 6.42. The number of fused-ring (bicyclic) bond motifs is 1. The Bertz CT molecular complexity index is 620. The number of rotatable bonds is 4. The van der Waals surface area contributed by atoms with Crippen LogP contribution in [0.2, 0.25) is 5.02 Å². The molecule has 1 heterocycles. The molecule has 1 aromatic carbocycles. The summed E-state index contributed by atoms with van der Waals surface area (Å²) in [7, 11) is 2.02. The van der Waals surface area contributed by atoms with Crippen LogP contribution < -0.4 is 5.32 Å². The number of nitrogens with one attached hydrogen (secondary N) is 1. The number of halogens is 1. The molecular formula is C17H22ClN3. The van der Waals surface area contributed by atoms with E-state index in [0.717, 1.165) is 17.3 Å². The van der Waals surface area contributed by atoms with Crippen molar-refractivity contribution in [1.29, 1.82) is 0 Å². The molecule has 2 aromatic rings. The van der Waals surface area contributed by atoms with Crippen LogP contribution in [0.25, 0.3) is 0 Å². The zero-order chi connectivity index (χ0) is 14.8. The fraction of sp³-hybridized carbons (Fsp3) is 0.471. The van der Waals surface area contributed by atoms with Crippen molar-refractivity contribution in [2.75, 3.05) is 7.05 Å². The van der Waals surface area contributed by atoms with E-state index in [1.54, 1.807) is 6.20 Å². The number of aryl methyl sites for hydroxylation is 2. The van der Waals surface area contributed by atoms with Gasteiger partial charge < -0.3 is 5.32 Å². The zero-order valence-electron chi connectivity index (χ0n) is 12.6. The molecule has 0 saturated heterocycles. The van der Waals surface area contributed by atoms with Gasteiger partial charge in [-0.3, -0.25) is 4.68 Å². The topological polar surface area (TPSA) is 29.9 Å². The molecule has 112 valence electrons. The first-order valence-electron chi connectivity index (χ1n) is 7.72. The van der Waals surface area contributed by atoms with Crippen molar-refractivity contribution in [3.8, 4) is 0 Å². The molecule has 2 unspecified atom stereocenters. The highest BCUT2D eigenvalue weighted by atomic mass is 35.5. The van der Waals surface area contributed by atoms with Gasteiger partial charge in [0.15, 0.2) is 0 Å². The maximum absolute atomic E-state index is 6.42. The molecule has 0 spiro atoms. The molecule has 1 aromatic heterocycles. The molecule has 0 amide bonds. The third-order valence-corrected chi connectivity index (χ3v) is 4.85. The number of hydrogen-bond donors (Lipinski definition) is 1. The Kier molecular flexibility index (Phi) is 4.32. The number of aromatic nitrogens is 2. The molecule has 3 rings (SSSR count). The van der Waals surface area contributed by atoms with Gasteiger partial charge in [0.25, 0.3) is 0 Å². The minimum absolute atomic E-state index is 0.210. The molecule has 1 N–H and O–H groups in total. The molecule has 1 aliphatic rings. The van der Waals surface area contributed by atoms with Crippen molar-refractivity contribution < 1.29 is 0 Å². The van der Waals surface area contributed by atoms with Gasteiger partial charge in [0.05, 0.1) is 23.0 Å². The molecule has 2 atom stereocenters. The first-order chi connectivity index (χ1) is 10.3. The Hall–Kier alpha value is -1.32. The number of nitrogens with zero attached hydrogens (tertiary/aromatic N) is 2. The van der Waals surface area contributed by atoms with E-state index in [1.807, 2.05) is 11.7 Å². The highest BCUT2D eigenvalue weighted by molar-refractivity contribution is 6.31. The molecule has 21 heavy (non-hydrogen) atoms. The predicted molar refractivity (Wildman–Crippen MR) is 86.8 cm³/mol. The fourth-order valence-corrected chi connectivity index (χ4v) is 3.86. The summed E-state index contributed by atoms with van der Waals surface area (Å²) in [6.07, 6.45) is 5.37. The van der Waals surface area contributed by atoms with Crippen LogP contribution in [0.1, 0.15) is 48.5 Å². The third kappa shape index (κ3) is 2.60. The normalized spacial score (nSPS) is 19.3. The van der Waals surface area contributed by atoms with E-state index in [0.29, 0.717) is 5.92 Å². The van der Waals surface area contributed by atoms with E-state index in [-0.39, 0.29) is 6.04 Å². The monoisotopic (exact) mass is 303 g/mol. The van der Waals surface area contributed by atoms with Crippen LogP contribution >= 0.6 is 11.6 Å². The zero-order valence-corrected chi connectivity index (χ0v) is 13.4. The molecule has 0 saturated carbocycles. The summed E-state index contributed by atoms with van der Waals surface area (Å²) in [6, 6.07) is 9.01. The molecule has 0 fully saturated rings. The Morgan fingerprint density at radius 2 is 2.24 bits per heavy atom. The Labute approximate surface area is 131 Å². The van der Waals surface area contributed by atoms with Crippen molar-refractivity contribution in [2.45, 2.75) is 44.7 Å². The minimum Gasteiger partial charge on any atom is -0.311 e. The molecule has 1 aliphatic carbocycles. The van der Waals surface area contributed by atoms with Gasteiger partial charge in [-0.05, 0) is 44.4 Å². The van der Waals surface area contributed by atoms with Crippen LogP contribution in [0, 0.1) is 0 Å². The van der Waals surface area contributed by atoms with Gasteiger partial charge in [0.1, 0.15) is 0 Å². The largest absolute Gasteiger partial charge is 0.311 e. The van der Waals surface area contributed by atoms with E-state index >= 15 is 0 Å². The summed E-state index contributed by atoms with van der Waals surface area (Å²) in [5.41, 5.74) is 4.05. The summed E-state index contributed by atoms with van der Waals surface area (Å²) < 4.78 is 2.01. The highest BCUT2D eigenvalue weighted by Crippen LogP contribution is 2.41. The molecule has 0 bridgehead atoms. The minimum atomic E-state index is 0.210. The number of benzene rings is 1. The van der Waals surface area contributed by atoms with Crippen LogP contribution in [0.15, 0.2) is 30.5 Å². The van der Waals surface area contributed by atoms with E-state index in [1.165, 1.54) is 30.4 Å². The van der Waals surface area contributed by atoms with Crippen LogP contribution in [0.3, 0.4) is 0 Å². The van der Waals surface area contributed by atoms with E-state index in [4.69, 9.17) is 11.6 Å². The standard InChI is InChI=1S/C17H22ClN3/c1-3-21-17(15(18)11-20-21)16(19-2)14-10-6-8-12-7-4-5-9-13(12)14/h4-5,7,9,11,14,16,19H,3,6,8,10H2,1-2H3. The molecule has 4 heteroatoms. The Morgan fingerprint density at radius 1 is 1.43 bits per heavy atom. The van der Waals surface area contributed by atoms with Crippen molar-refractivity contribution in [3.63, 3.8) is 0 Å². The Morgan fingerprint density at radius 3 is 3.00 bits per heavy atom. The lowest BCUT2D eigenvalue weighted by molar-refractivity contribution is 0.399. The van der Waals surface area contributed by atoms with Crippen molar-refractivity contribution >= 4 is 11.6 Å².